The summed E-state index contributed by atoms with van der Waals surface area (Å²) in [5.41, 5.74) is 2.62. The van der Waals surface area contributed by atoms with E-state index in [1.807, 2.05) is 31.3 Å². The zero-order chi connectivity index (χ0) is 17.1. The number of para-hydroxylation sites is 2. The van der Waals surface area contributed by atoms with E-state index in [2.05, 4.69) is 28.7 Å². The Balaban J connectivity index is 1.93. The van der Waals surface area contributed by atoms with Crippen LogP contribution in [0.15, 0.2) is 48.8 Å². The Bertz CT molecular complexity index is 839. The highest BCUT2D eigenvalue weighted by Gasteiger charge is 2.22. The molecule has 0 saturated carbocycles. The molecule has 0 saturated heterocycles. The van der Waals surface area contributed by atoms with Crippen LogP contribution in [0.4, 0.5) is 0 Å². The second-order valence-electron chi connectivity index (χ2n) is 6.41. The number of hydrogen-bond acceptors (Lipinski definition) is 3. The molecule has 5 heteroatoms. The SMILES string of the molecule is CC(C)C[C@H](NC(=O)c1ccncc1)c1nc2ccccc2n1C. The van der Waals surface area contributed by atoms with Crippen molar-refractivity contribution in [3.8, 4) is 0 Å². The summed E-state index contributed by atoms with van der Waals surface area (Å²) in [7, 11) is 2.00. The van der Waals surface area contributed by atoms with Crippen LogP contribution >= 0.6 is 0 Å². The first-order chi connectivity index (χ1) is 11.6. The fourth-order valence-electron chi connectivity index (χ4n) is 2.92. The Hall–Kier alpha value is -2.69. The highest BCUT2D eigenvalue weighted by Crippen LogP contribution is 2.24. The number of nitrogens with zero attached hydrogens (tertiary/aromatic N) is 3. The van der Waals surface area contributed by atoms with Gasteiger partial charge in [-0.05, 0) is 36.6 Å². The van der Waals surface area contributed by atoms with Crippen molar-refractivity contribution in [1.29, 1.82) is 0 Å². The third-order valence-electron chi connectivity index (χ3n) is 4.09. The molecule has 1 N–H and O–H groups in total. The fourth-order valence-corrected chi connectivity index (χ4v) is 2.92. The molecule has 24 heavy (non-hydrogen) atoms. The van der Waals surface area contributed by atoms with E-state index in [-0.39, 0.29) is 11.9 Å². The van der Waals surface area contributed by atoms with Crippen LogP contribution in [0, 0.1) is 5.92 Å². The Morgan fingerprint density at radius 2 is 1.88 bits per heavy atom. The Kier molecular flexibility index (Phi) is 4.60. The number of pyridine rings is 1. The lowest BCUT2D eigenvalue weighted by Crippen LogP contribution is -2.31. The predicted molar refractivity (Wildman–Crippen MR) is 94.6 cm³/mol. The maximum absolute atomic E-state index is 12.6. The third kappa shape index (κ3) is 3.30. The van der Waals surface area contributed by atoms with Crippen LogP contribution in [-0.4, -0.2) is 20.4 Å². The molecule has 1 amide bonds. The van der Waals surface area contributed by atoms with Crippen LogP contribution in [0.1, 0.15) is 42.5 Å². The van der Waals surface area contributed by atoms with Crippen LogP contribution < -0.4 is 5.32 Å². The smallest absolute Gasteiger partial charge is 0.251 e. The first-order valence-corrected chi connectivity index (χ1v) is 8.18. The van der Waals surface area contributed by atoms with Gasteiger partial charge in [0.25, 0.3) is 5.91 Å². The van der Waals surface area contributed by atoms with Crippen LogP contribution in [0.25, 0.3) is 11.0 Å². The molecule has 1 atom stereocenters. The summed E-state index contributed by atoms with van der Waals surface area (Å²) in [6.45, 7) is 4.29. The van der Waals surface area contributed by atoms with Gasteiger partial charge in [-0.2, -0.15) is 0 Å². The van der Waals surface area contributed by atoms with Crippen LogP contribution in [0.5, 0.6) is 0 Å². The number of hydrogen-bond donors (Lipinski definition) is 1. The molecule has 2 heterocycles. The molecule has 0 aliphatic carbocycles. The summed E-state index contributed by atoms with van der Waals surface area (Å²) in [4.78, 5) is 21.3. The van der Waals surface area contributed by atoms with Crippen LogP contribution in [-0.2, 0) is 7.05 Å². The van der Waals surface area contributed by atoms with Crippen molar-refractivity contribution in [1.82, 2.24) is 19.9 Å². The van der Waals surface area contributed by atoms with Crippen molar-refractivity contribution < 1.29 is 4.79 Å². The molecule has 0 bridgehead atoms. The molecule has 124 valence electrons. The molecule has 0 aliphatic heterocycles. The maximum atomic E-state index is 12.6. The van der Waals surface area contributed by atoms with E-state index >= 15 is 0 Å². The zero-order valence-electron chi connectivity index (χ0n) is 14.2. The highest BCUT2D eigenvalue weighted by atomic mass is 16.1. The number of carbonyl (C=O) groups excluding carboxylic acids is 1. The fraction of sp³-hybridized carbons (Fsp3) is 0.316. The van der Waals surface area contributed by atoms with Gasteiger partial charge in [0.1, 0.15) is 5.82 Å². The third-order valence-corrected chi connectivity index (χ3v) is 4.09. The molecule has 3 rings (SSSR count). The second kappa shape index (κ2) is 6.83. The number of imidazole rings is 1. The van der Waals surface area contributed by atoms with Gasteiger partial charge in [-0.25, -0.2) is 4.98 Å². The van der Waals surface area contributed by atoms with Gasteiger partial charge in [0.2, 0.25) is 0 Å². The van der Waals surface area contributed by atoms with Crippen molar-refractivity contribution in [3.63, 3.8) is 0 Å². The Morgan fingerprint density at radius 3 is 2.54 bits per heavy atom. The molecular formula is C19H22N4O. The van der Waals surface area contributed by atoms with Gasteiger partial charge >= 0.3 is 0 Å². The summed E-state index contributed by atoms with van der Waals surface area (Å²) in [6.07, 6.45) is 4.08. The normalized spacial score (nSPS) is 12.5. The van der Waals surface area contributed by atoms with E-state index in [4.69, 9.17) is 4.98 Å². The maximum Gasteiger partial charge on any atom is 0.251 e. The van der Waals surface area contributed by atoms with Crippen molar-refractivity contribution in [2.75, 3.05) is 0 Å². The highest BCUT2D eigenvalue weighted by molar-refractivity contribution is 5.94. The predicted octanol–water partition coefficient (Wildman–Crippen LogP) is 3.49. The second-order valence-corrected chi connectivity index (χ2v) is 6.41. The molecule has 5 nitrogen and oxygen atoms in total. The summed E-state index contributed by atoms with van der Waals surface area (Å²) < 4.78 is 2.06. The van der Waals surface area contributed by atoms with Crippen LogP contribution in [0.2, 0.25) is 0 Å². The Labute approximate surface area is 141 Å². The average molecular weight is 322 g/mol. The van der Waals surface area contributed by atoms with Crippen molar-refractivity contribution in [3.05, 3.63) is 60.2 Å². The van der Waals surface area contributed by atoms with Gasteiger partial charge in [0.15, 0.2) is 0 Å². The van der Waals surface area contributed by atoms with E-state index in [1.165, 1.54) is 0 Å². The molecule has 0 aliphatic rings. The summed E-state index contributed by atoms with van der Waals surface area (Å²) in [6, 6.07) is 11.3. The number of benzene rings is 1. The average Bonchev–Trinajstić information content (AvgIpc) is 2.92. The van der Waals surface area contributed by atoms with Gasteiger partial charge in [-0.3, -0.25) is 9.78 Å². The van der Waals surface area contributed by atoms with Crippen LogP contribution in [0.3, 0.4) is 0 Å². The number of nitrogens with one attached hydrogen (secondary N) is 1. The zero-order valence-corrected chi connectivity index (χ0v) is 14.2. The quantitative estimate of drug-likeness (QED) is 0.782. The minimum absolute atomic E-state index is 0.102. The number of fused-ring (bicyclic) bond motifs is 1. The van der Waals surface area contributed by atoms with Gasteiger partial charge < -0.3 is 9.88 Å². The first-order valence-electron chi connectivity index (χ1n) is 8.18. The van der Waals surface area contributed by atoms with Gasteiger partial charge in [0, 0.05) is 25.0 Å². The van der Waals surface area contributed by atoms with Gasteiger partial charge in [-0.1, -0.05) is 26.0 Å². The lowest BCUT2D eigenvalue weighted by Gasteiger charge is -2.20. The molecular weight excluding hydrogens is 300 g/mol. The van der Waals surface area contributed by atoms with Crippen molar-refractivity contribution in [2.24, 2.45) is 13.0 Å². The lowest BCUT2D eigenvalue weighted by molar-refractivity contribution is 0.0929. The number of amides is 1. The monoisotopic (exact) mass is 322 g/mol. The van der Waals surface area contributed by atoms with E-state index < -0.39 is 0 Å². The number of carbonyl (C=O) groups is 1. The largest absolute Gasteiger partial charge is 0.342 e. The molecule has 0 fully saturated rings. The van der Waals surface area contributed by atoms with E-state index in [1.54, 1.807) is 24.5 Å². The molecule has 0 unspecified atom stereocenters. The summed E-state index contributed by atoms with van der Waals surface area (Å²) >= 11 is 0. The van der Waals surface area contributed by atoms with E-state index in [9.17, 15) is 4.79 Å². The van der Waals surface area contributed by atoms with E-state index in [0.717, 1.165) is 23.3 Å². The molecule has 2 aromatic heterocycles. The molecule has 3 aromatic rings. The lowest BCUT2D eigenvalue weighted by atomic mass is 10.0. The number of rotatable bonds is 5. The topological polar surface area (TPSA) is 59.8 Å². The number of aryl methyl sites for hydroxylation is 1. The number of aromatic nitrogens is 3. The minimum Gasteiger partial charge on any atom is -0.342 e. The standard InChI is InChI=1S/C19H22N4O/c1-13(2)12-16(22-19(24)14-8-10-20-11-9-14)18-21-15-6-4-5-7-17(15)23(18)3/h4-11,13,16H,12H2,1-3H3,(H,22,24)/t16-/m0/s1. The minimum atomic E-state index is -0.136. The summed E-state index contributed by atoms with van der Waals surface area (Å²) in [5, 5.41) is 3.13. The molecule has 0 radical (unpaired) electrons. The van der Waals surface area contributed by atoms with Crippen molar-refractivity contribution in [2.45, 2.75) is 26.3 Å². The molecule has 0 spiro atoms. The van der Waals surface area contributed by atoms with Crippen molar-refractivity contribution >= 4 is 16.9 Å². The Morgan fingerprint density at radius 1 is 1.17 bits per heavy atom. The first kappa shape index (κ1) is 16.2. The van der Waals surface area contributed by atoms with E-state index in [0.29, 0.717) is 11.5 Å². The summed E-state index contributed by atoms with van der Waals surface area (Å²) in [5.74, 6) is 1.22. The molecule has 1 aromatic carbocycles. The van der Waals surface area contributed by atoms with Gasteiger partial charge in [0.05, 0.1) is 17.1 Å². The van der Waals surface area contributed by atoms with Gasteiger partial charge in [-0.15, -0.1) is 0 Å².